The fourth-order valence-electron chi connectivity index (χ4n) is 2.58. The zero-order valence-corrected chi connectivity index (χ0v) is 13.3. The highest BCUT2D eigenvalue weighted by Crippen LogP contribution is 2.58. The number of alkyl halides is 1. The number of hydrogen-bond donors (Lipinski definition) is 0. The third-order valence-electron chi connectivity index (χ3n) is 3.70. The molecule has 98 valence electrons. The Kier molecular flexibility index (Phi) is 3.88. The average molecular weight is 356 g/mol. The number of hydrogen-bond acceptors (Lipinski definition) is 0. The Morgan fingerprint density at radius 2 is 1.79 bits per heavy atom. The molecule has 0 aliphatic heterocycles. The van der Waals surface area contributed by atoms with E-state index < -0.39 is 0 Å². The minimum atomic E-state index is 0.268. The van der Waals surface area contributed by atoms with E-state index in [4.69, 9.17) is 23.2 Å². The lowest BCUT2D eigenvalue weighted by Gasteiger charge is -2.12. The molecule has 0 nitrogen and oxygen atoms in total. The summed E-state index contributed by atoms with van der Waals surface area (Å²) in [7, 11) is 0. The van der Waals surface area contributed by atoms with Crippen molar-refractivity contribution >= 4 is 39.1 Å². The van der Waals surface area contributed by atoms with Gasteiger partial charge in [0.2, 0.25) is 0 Å². The second kappa shape index (κ2) is 5.47. The number of halogens is 3. The molecule has 2 aromatic carbocycles. The summed E-state index contributed by atoms with van der Waals surface area (Å²) in [6, 6.07) is 16.3. The van der Waals surface area contributed by atoms with Gasteiger partial charge in [0.15, 0.2) is 0 Å². The van der Waals surface area contributed by atoms with Crippen molar-refractivity contribution in [1.29, 1.82) is 0 Å². The Morgan fingerprint density at radius 1 is 1.05 bits per heavy atom. The molecule has 1 fully saturated rings. The second-order valence-electron chi connectivity index (χ2n) is 4.98. The summed E-state index contributed by atoms with van der Waals surface area (Å²) in [6.45, 7) is 0. The molecule has 1 saturated carbocycles. The Labute approximate surface area is 131 Å². The maximum Gasteiger partial charge on any atom is 0.0450 e. The molecule has 0 aromatic heterocycles. The molecule has 3 atom stereocenters. The van der Waals surface area contributed by atoms with Crippen LogP contribution in [0.1, 0.15) is 28.3 Å². The Balaban J connectivity index is 1.80. The highest BCUT2D eigenvalue weighted by Gasteiger charge is 2.43. The van der Waals surface area contributed by atoms with Crippen LogP contribution in [0.3, 0.4) is 0 Å². The molecule has 0 N–H and O–H groups in total. The SMILES string of the molecule is Clc1ccc(Cl)c(C(Br)C2CC2c2ccccc2)c1. The molecule has 0 saturated heterocycles. The van der Waals surface area contributed by atoms with Gasteiger partial charge >= 0.3 is 0 Å². The average Bonchev–Trinajstić information content (AvgIpc) is 3.22. The maximum atomic E-state index is 6.27. The van der Waals surface area contributed by atoms with Crippen LogP contribution in [0, 0.1) is 5.92 Å². The van der Waals surface area contributed by atoms with Gasteiger partial charge in [-0.15, -0.1) is 0 Å². The van der Waals surface area contributed by atoms with Crippen molar-refractivity contribution in [2.24, 2.45) is 5.92 Å². The molecule has 1 aliphatic carbocycles. The van der Waals surface area contributed by atoms with E-state index in [0.717, 1.165) is 15.6 Å². The zero-order chi connectivity index (χ0) is 13.4. The van der Waals surface area contributed by atoms with E-state index >= 15 is 0 Å². The van der Waals surface area contributed by atoms with Crippen molar-refractivity contribution in [2.45, 2.75) is 17.2 Å². The quantitative estimate of drug-likeness (QED) is 0.572. The summed E-state index contributed by atoms with van der Waals surface area (Å²) in [5, 5.41) is 1.52. The molecule has 3 rings (SSSR count). The predicted molar refractivity (Wildman–Crippen MR) is 85.4 cm³/mol. The van der Waals surface area contributed by atoms with Crippen molar-refractivity contribution in [3.05, 3.63) is 69.7 Å². The molecule has 2 aromatic rings. The van der Waals surface area contributed by atoms with Crippen LogP contribution in [0.25, 0.3) is 0 Å². The molecule has 0 radical (unpaired) electrons. The van der Waals surface area contributed by atoms with Crippen LogP contribution >= 0.6 is 39.1 Å². The van der Waals surface area contributed by atoms with Gasteiger partial charge in [-0.25, -0.2) is 0 Å². The summed E-state index contributed by atoms with van der Waals surface area (Å²) in [4.78, 5) is 0.268. The van der Waals surface area contributed by atoms with Crippen molar-refractivity contribution in [1.82, 2.24) is 0 Å². The molecule has 0 amide bonds. The Bertz CT molecular complexity index is 583. The Morgan fingerprint density at radius 3 is 2.53 bits per heavy atom. The fourth-order valence-corrected chi connectivity index (χ4v) is 4.09. The van der Waals surface area contributed by atoms with Gasteiger partial charge in [0.05, 0.1) is 0 Å². The summed E-state index contributed by atoms with van der Waals surface area (Å²) < 4.78 is 0. The molecule has 0 heterocycles. The first-order valence-electron chi connectivity index (χ1n) is 6.31. The van der Waals surface area contributed by atoms with Crippen LogP contribution in [0.5, 0.6) is 0 Å². The molecule has 19 heavy (non-hydrogen) atoms. The van der Waals surface area contributed by atoms with E-state index in [1.54, 1.807) is 0 Å². The highest BCUT2D eigenvalue weighted by molar-refractivity contribution is 9.09. The smallest absolute Gasteiger partial charge is 0.0450 e. The predicted octanol–water partition coefficient (Wildman–Crippen LogP) is 6.23. The van der Waals surface area contributed by atoms with E-state index in [2.05, 4.69) is 46.3 Å². The van der Waals surface area contributed by atoms with Gasteiger partial charge < -0.3 is 0 Å². The van der Waals surface area contributed by atoms with Crippen molar-refractivity contribution in [3.63, 3.8) is 0 Å². The van der Waals surface area contributed by atoms with Crippen LogP contribution < -0.4 is 0 Å². The van der Waals surface area contributed by atoms with E-state index in [9.17, 15) is 0 Å². The van der Waals surface area contributed by atoms with Crippen LogP contribution in [0.15, 0.2) is 48.5 Å². The van der Waals surface area contributed by atoms with Crippen LogP contribution in [0.2, 0.25) is 10.0 Å². The minimum absolute atomic E-state index is 0.268. The summed E-state index contributed by atoms with van der Waals surface area (Å²) in [5.74, 6) is 1.22. The van der Waals surface area contributed by atoms with Gasteiger partial charge in [-0.2, -0.15) is 0 Å². The van der Waals surface area contributed by atoms with Crippen LogP contribution in [-0.2, 0) is 0 Å². The van der Waals surface area contributed by atoms with Gasteiger partial charge in [0.1, 0.15) is 0 Å². The Hall–Kier alpha value is -0.500. The van der Waals surface area contributed by atoms with Gasteiger partial charge in [-0.3, -0.25) is 0 Å². The van der Waals surface area contributed by atoms with Gasteiger partial charge in [-0.05, 0) is 47.6 Å². The lowest BCUT2D eigenvalue weighted by Crippen LogP contribution is -1.96. The minimum Gasteiger partial charge on any atom is -0.0843 e. The second-order valence-corrected chi connectivity index (χ2v) is 6.81. The lowest BCUT2D eigenvalue weighted by molar-refractivity contribution is 0.787. The highest BCUT2D eigenvalue weighted by atomic mass is 79.9. The molecule has 3 unspecified atom stereocenters. The van der Waals surface area contributed by atoms with Gasteiger partial charge in [0, 0.05) is 14.9 Å². The third-order valence-corrected chi connectivity index (χ3v) is 5.45. The first kappa shape index (κ1) is 13.5. The van der Waals surface area contributed by atoms with Crippen molar-refractivity contribution in [3.8, 4) is 0 Å². The molecular weight excluding hydrogens is 343 g/mol. The topological polar surface area (TPSA) is 0 Å². The normalized spacial score (nSPS) is 23.1. The van der Waals surface area contributed by atoms with E-state index in [0.29, 0.717) is 11.8 Å². The third kappa shape index (κ3) is 2.84. The van der Waals surface area contributed by atoms with E-state index in [1.165, 1.54) is 12.0 Å². The monoisotopic (exact) mass is 354 g/mol. The summed E-state index contributed by atoms with van der Waals surface area (Å²) in [6.07, 6.45) is 1.20. The van der Waals surface area contributed by atoms with Crippen LogP contribution in [0.4, 0.5) is 0 Å². The van der Waals surface area contributed by atoms with E-state index in [1.807, 2.05) is 18.2 Å². The van der Waals surface area contributed by atoms with Gasteiger partial charge in [0.25, 0.3) is 0 Å². The van der Waals surface area contributed by atoms with Crippen molar-refractivity contribution in [2.75, 3.05) is 0 Å². The fraction of sp³-hybridized carbons (Fsp3) is 0.250. The maximum absolute atomic E-state index is 6.27. The molecule has 1 aliphatic rings. The largest absolute Gasteiger partial charge is 0.0843 e. The first-order chi connectivity index (χ1) is 9.16. The lowest BCUT2D eigenvalue weighted by atomic mass is 10.0. The summed E-state index contributed by atoms with van der Waals surface area (Å²) >= 11 is 16.1. The standard InChI is InChI=1S/C16H13BrCl2/c17-16(14-8-11(18)6-7-15(14)19)13-9-12(13)10-4-2-1-3-5-10/h1-8,12-13,16H,9H2. The molecular formula is C16H13BrCl2. The van der Waals surface area contributed by atoms with Crippen LogP contribution in [-0.4, -0.2) is 0 Å². The van der Waals surface area contributed by atoms with E-state index in [-0.39, 0.29) is 4.83 Å². The molecule has 0 spiro atoms. The van der Waals surface area contributed by atoms with Crippen molar-refractivity contribution < 1.29 is 0 Å². The number of rotatable bonds is 3. The van der Waals surface area contributed by atoms with Gasteiger partial charge in [-0.1, -0.05) is 69.5 Å². The number of benzene rings is 2. The zero-order valence-electron chi connectivity index (χ0n) is 10.2. The summed E-state index contributed by atoms with van der Waals surface area (Å²) in [5.41, 5.74) is 2.51. The molecule has 3 heteroatoms. The first-order valence-corrected chi connectivity index (χ1v) is 7.98. The molecule has 0 bridgehead atoms.